The monoisotopic (exact) mass is 241 g/mol. The second-order valence-electron chi connectivity index (χ2n) is 3.89. The second-order valence-corrected chi connectivity index (χ2v) is 3.89. The number of aromatic hydroxyl groups is 1. The number of nitrogens with one attached hydrogen (secondary N) is 1. The normalized spacial score (nSPS) is 9.78. The molecule has 0 aliphatic rings. The molecule has 6 N–H and O–H groups in total. The smallest absolute Gasteiger partial charge is 0.139 e. The summed E-state index contributed by atoms with van der Waals surface area (Å²) in [4.78, 5) is 2.94. The van der Waals surface area contributed by atoms with E-state index in [4.69, 9.17) is 11.5 Å². The van der Waals surface area contributed by atoms with Crippen LogP contribution in [0.5, 0.6) is 5.75 Å². The zero-order valence-corrected chi connectivity index (χ0v) is 9.80. The lowest BCUT2D eigenvalue weighted by molar-refractivity contribution is 0.480. The first-order valence-corrected chi connectivity index (χ1v) is 5.53. The van der Waals surface area contributed by atoms with Crippen LogP contribution in [0, 0.1) is 0 Å². The van der Waals surface area contributed by atoms with Gasteiger partial charge in [-0.1, -0.05) is 12.1 Å². The van der Waals surface area contributed by atoms with Crippen molar-refractivity contribution < 1.29 is 5.11 Å². The number of nitrogens with two attached hydrogens (primary N) is 2. The highest BCUT2D eigenvalue weighted by molar-refractivity contribution is 5.84. The molecule has 0 fully saturated rings. The number of hydrogen-bond donors (Lipinski definition) is 4. The Balaban J connectivity index is 0.000000138. The van der Waals surface area contributed by atoms with E-state index >= 15 is 0 Å². The molecule has 4 nitrogen and oxygen atoms in total. The largest absolute Gasteiger partial charge is 0.506 e. The van der Waals surface area contributed by atoms with Crippen LogP contribution < -0.4 is 11.5 Å². The van der Waals surface area contributed by atoms with Crippen LogP contribution in [0.3, 0.4) is 0 Å². The number of aromatic nitrogens is 1. The fourth-order valence-corrected chi connectivity index (χ4v) is 1.56. The summed E-state index contributed by atoms with van der Waals surface area (Å²) in [6.07, 6.45) is 1.81. The van der Waals surface area contributed by atoms with Gasteiger partial charge in [0.15, 0.2) is 0 Å². The van der Waals surface area contributed by atoms with E-state index in [2.05, 4.69) is 4.98 Å². The zero-order chi connectivity index (χ0) is 13.0. The summed E-state index contributed by atoms with van der Waals surface area (Å²) in [5, 5.41) is 10.3. The average Bonchev–Trinajstić information content (AvgIpc) is 2.84. The van der Waals surface area contributed by atoms with Crippen molar-refractivity contribution in [1.29, 1.82) is 0 Å². The predicted octanol–water partition coefficient (Wildman–Crippen LogP) is 2.72. The number of phenols is 1. The zero-order valence-electron chi connectivity index (χ0n) is 9.80. The molecular weight excluding hydrogens is 226 g/mol. The van der Waals surface area contributed by atoms with E-state index in [-0.39, 0.29) is 0 Å². The van der Waals surface area contributed by atoms with Gasteiger partial charge in [-0.2, -0.15) is 0 Å². The molecule has 2 aromatic carbocycles. The molecule has 0 aliphatic heterocycles. The van der Waals surface area contributed by atoms with Crippen molar-refractivity contribution in [2.45, 2.75) is 0 Å². The van der Waals surface area contributed by atoms with Gasteiger partial charge in [0, 0.05) is 23.0 Å². The molecule has 1 aromatic heterocycles. The van der Waals surface area contributed by atoms with Gasteiger partial charge in [-0.05, 0) is 36.4 Å². The minimum absolute atomic E-state index is 0.308. The molecule has 0 amide bonds. The molecule has 0 aliphatic carbocycles. The molecule has 0 radical (unpaired) electrons. The van der Waals surface area contributed by atoms with Crippen molar-refractivity contribution >= 4 is 22.3 Å². The van der Waals surface area contributed by atoms with Gasteiger partial charge in [-0.25, -0.2) is 0 Å². The van der Waals surface area contributed by atoms with Crippen LogP contribution in [0.1, 0.15) is 0 Å². The third-order valence-corrected chi connectivity index (χ3v) is 2.50. The first-order valence-electron chi connectivity index (χ1n) is 5.53. The molecule has 92 valence electrons. The number of rotatable bonds is 0. The lowest BCUT2D eigenvalue weighted by Crippen LogP contribution is -1.86. The van der Waals surface area contributed by atoms with Gasteiger partial charge in [0.25, 0.3) is 0 Å². The number of nitrogen functional groups attached to an aromatic ring is 2. The molecule has 0 saturated carbocycles. The number of hydrogen-bond acceptors (Lipinski definition) is 3. The summed E-state index contributed by atoms with van der Waals surface area (Å²) in [6.45, 7) is 0. The van der Waals surface area contributed by atoms with Gasteiger partial charge in [0.05, 0.1) is 5.52 Å². The number of benzene rings is 2. The van der Waals surface area contributed by atoms with Crippen LogP contribution in [0.4, 0.5) is 11.4 Å². The quantitative estimate of drug-likeness (QED) is 0.456. The van der Waals surface area contributed by atoms with E-state index in [1.165, 1.54) is 0 Å². The van der Waals surface area contributed by atoms with E-state index in [0.29, 0.717) is 5.75 Å². The van der Waals surface area contributed by atoms with Crippen LogP contribution in [0.25, 0.3) is 10.9 Å². The molecule has 0 unspecified atom stereocenters. The minimum Gasteiger partial charge on any atom is -0.506 e. The van der Waals surface area contributed by atoms with Crippen molar-refractivity contribution in [3.05, 3.63) is 54.7 Å². The third-order valence-electron chi connectivity index (χ3n) is 2.50. The van der Waals surface area contributed by atoms with E-state index in [1.54, 1.807) is 30.3 Å². The van der Waals surface area contributed by atoms with Crippen LogP contribution in [-0.4, -0.2) is 10.1 Å². The standard InChI is InChI=1S/C8H7NO.C6H8N2/c10-7-3-1-2-6-4-5-9-8(6)7;7-5-1-2-6(8)4-3-5/h1-5,9-10H;1-4H,7-8H2. The Hall–Kier alpha value is -2.62. The summed E-state index contributed by atoms with van der Waals surface area (Å²) >= 11 is 0. The molecule has 0 saturated heterocycles. The Labute approximate surface area is 105 Å². The number of anilines is 2. The molecule has 18 heavy (non-hydrogen) atoms. The summed E-state index contributed by atoms with van der Waals surface area (Å²) in [7, 11) is 0. The Morgan fingerprint density at radius 3 is 2.00 bits per heavy atom. The summed E-state index contributed by atoms with van der Waals surface area (Å²) < 4.78 is 0. The van der Waals surface area contributed by atoms with Gasteiger partial charge in [0.1, 0.15) is 5.75 Å². The van der Waals surface area contributed by atoms with Crippen molar-refractivity contribution in [1.82, 2.24) is 4.98 Å². The van der Waals surface area contributed by atoms with Crippen molar-refractivity contribution in [2.75, 3.05) is 11.5 Å². The van der Waals surface area contributed by atoms with Crippen LogP contribution >= 0.6 is 0 Å². The minimum atomic E-state index is 0.308. The fourth-order valence-electron chi connectivity index (χ4n) is 1.56. The topological polar surface area (TPSA) is 88.1 Å². The fraction of sp³-hybridized carbons (Fsp3) is 0. The van der Waals surface area contributed by atoms with Gasteiger partial charge >= 0.3 is 0 Å². The van der Waals surface area contributed by atoms with E-state index < -0.39 is 0 Å². The van der Waals surface area contributed by atoms with E-state index in [1.807, 2.05) is 24.4 Å². The highest BCUT2D eigenvalue weighted by Crippen LogP contribution is 2.21. The first-order chi connectivity index (χ1) is 8.66. The molecule has 3 aromatic rings. The highest BCUT2D eigenvalue weighted by atomic mass is 16.3. The maximum Gasteiger partial charge on any atom is 0.139 e. The van der Waals surface area contributed by atoms with E-state index in [0.717, 1.165) is 22.3 Å². The van der Waals surface area contributed by atoms with Gasteiger partial charge in [0.2, 0.25) is 0 Å². The Bertz CT molecular complexity index is 608. The number of fused-ring (bicyclic) bond motifs is 1. The molecule has 1 heterocycles. The highest BCUT2D eigenvalue weighted by Gasteiger charge is 1.96. The number of H-pyrrole nitrogens is 1. The Morgan fingerprint density at radius 2 is 1.44 bits per heavy atom. The van der Waals surface area contributed by atoms with Crippen molar-refractivity contribution in [3.63, 3.8) is 0 Å². The van der Waals surface area contributed by atoms with Crippen LogP contribution in [0.15, 0.2) is 54.7 Å². The van der Waals surface area contributed by atoms with Crippen LogP contribution in [-0.2, 0) is 0 Å². The average molecular weight is 241 g/mol. The van der Waals surface area contributed by atoms with Gasteiger partial charge < -0.3 is 21.6 Å². The Morgan fingerprint density at radius 1 is 0.833 bits per heavy atom. The number of para-hydroxylation sites is 1. The SMILES string of the molecule is Nc1ccc(N)cc1.Oc1cccc2cc[nH]c12. The van der Waals surface area contributed by atoms with Crippen molar-refractivity contribution in [2.24, 2.45) is 0 Å². The predicted molar refractivity (Wildman–Crippen MR) is 75.2 cm³/mol. The molecular formula is C14H15N3O. The molecule has 0 bridgehead atoms. The van der Waals surface area contributed by atoms with Crippen molar-refractivity contribution in [3.8, 4) is 5.75 Å². The molecule has 3 rings (SSSR count). The summed E-state index contributed by atoms with van der Waals surface area (Å²) in [5.74, 6) is 0.308. The molecule has 0 atom stereocenters. The number of phenolic OH excluding ortho intramolecular Hbond substituents is 1. The molecule has 0 spiro atoms. The Kier molecular flexibility index (Phi) is 3.38. The first kappa shape index (κ1) is 11.9. The van der Waals surface area contributed by atoms with E-state index in [9.17, 15) is 5.11 Å². The summed E-state index contributed by atoms with van der Waals surface area (Å²) in [6, 6.07) is 14.5. The maximum atomic E-state index is 9.23. The van der Waals surface area contributed by atoms with Gasteiger partial charge in [-0.15, -0.1) is 0 Å². The lowest BCUT2D eigenvalue weighted by atomic mass is 10.2. The summed E-state index contributed by atoms with van der Waals surface area (Å²) in [5.41, 5.74) is 13.0. The lowest BCUT2D eigenvalue weighted by Gasteiger charge is -1.91. The third kappa shape index (κ3) is 2.74. The maximum absolute atomic E-state index is 9.23. The second kappa shape index (κ2) is 5.14. The van der Waals surface area contributed by atoms with Gasteiger partial charge in [-0.3, -0.25) is 0 Å². The molecule has 4 heteroatoms. The van der Waals surface area contributed by atoms with Crippen LogP contribution in [0.2, 0.25) is 0 Å². The number of aromatic amines is 1.